The third kappa shape index (κ3) is 8.93. The zero-order chi connectivity index (χ0) is 21.5. The fourth-order valence-corrected chi connectivity index (χ4v) is 4.52. The minimum atomic E-state index is -0.860. The molecule has 0 unspecified atom stereocenters. The van der Waals surface area contributed by atoms with Crippen molar-refractivity contribution < 1.29 is 14.2 Å². The summed E-state index contributed by atoms with van der Waals surface area (Å²) in [7, 11) is 4.89. The lowest BCUT2D eigenvalue weighted by Crippen LogP contribution is -2.35. The number of nitrogens with zero attached hydrogens (tertiary/aromatic N) is 1. The van der Waals surface area contributed by atoms with Crippen LogP contribution in [0, 0.1) is 0 Å². The Kier molecular flexibility index (Phi) is 12.4. The fraction of sp³-hybridized carbons (Fsp3) is 0.640. The molecule has 0 N–H and O–H groups in total. The van der Waals surface area contributed by atoms with E-state index in [0.717, 1.165) is 19.3 Å². The van der Waals surface area contributed by atoms with Crippen LogP contribution in [-0.4, -0.2) is 33.0 Å². The fourth-order valence-electron chi connectivity index (χ4n) is 3.77. The monoisotopic (exact) mass is 433 g/mol. The Bertz CT molecular complexity index is 647. The molecule has 1 heterocycles. The maximum Gasteiger partial charge on any atom is 0.282 e. The average molecular weight is 434 g/mol. The zero-order valence-corrected chi connectivity index (χ0v) is 19.8. The topological polar surface area (TPSA) is 40.0 Å². The molecular formula is C25H39NO3S. The standard InChI is InChI=1S/C25H39NO3S/c1-27-25(28-2,29-3)21-15-11-9-7-5-4-6-8-10-12-17-23-20-19-22-16-13-14-18-24(22)30-26-23/h13-14,16,18-20H,4-12,15,17,21H2,1-3H3. The summed E-state index contributed by atoms with van der Waals surface area (Å²) in [5.41, 5.74) is 2.49. The lowest BCUT2D eigenvalue weighted by atomic mass is 10.0. The van der Waals surface area contributed by atoms with Gasteiger partial charge in [-0.2, -0.15) is 0 Å². The molecule has 1 aliphatic heterocycles. The van der Waals surface area contributed by atoms with Crippen molar-refractivity contribution in [3.63, 3.8) is 0 Å². The van der Waals surface area contributed by atoms with Gasteiger partial charge < -0.3 is 14.2 Å². The highest BCUT2D eigenvalue weighted by molar-refractivity contribution is 7.98. The lowest BCUT2D eigenvalue weighted by Gasteiger charge is -2.28. The molecule has 30 heavy (non-hydrogen) atoms. The number of fused-ring (bicyclic) bond motifs is 1. The lowest BCUT2D eigenvalue weighted by molar-refractivity contribution is -0.355. The molecule has 0 fully saturated rings. The third-order valence-electron chi connectivity index (χ3n) is 5.73. The van der Waals surface area contributed by atoms with Crippen LogP contribution in [0.3, 0.4) is 0 Å². The van der Waals surface area contributed by atoms with Crippen LogP contribution in [0.25, 0.3) is 6.08 Å². The van der Waals surface area contributed by atoms with Gasteiger partial charge in [-0.05, 0) is 37.0 Å². The van der Waals surface area contributed by atoms with Crippen LogP contribution in [0.5, 0.6) is 0 Å². The number of ether oxygens (including phenoxy) is 3. The molecule has 5 heteroatoms. The first-order chi connectivity index (χ1) is 14.7. The SMILES string of the molecule is COC(CCCCCCCCCCCCC1=NSc2ccccc2C=C1)(OC)OC. The van der Waals surface area contributed by atoms with Gasteiger partial charge in [-0.3, -0.25) is 0 Å². The molecular weight excluding hydrogens is 394 g/mol. The number of rotatable bonds is 16. The van der Waals surface area contributed by atoms with Crippen LogP contribution in [0.2, 0.25) is 0 Å². The second-order valence-electron chi connectivity index (χ2n) is 7.88. The van der Waals surface area contributed by atoms with Crippen LogP contribution >= 0.6 is 11.9 Å². The predicted molar refractivity (Wildman–Crippen MR) is 128 cm³/mol. The molecule has 0 radical (unpaired) electrons. The van der Waals surface area contributed by atoms with Crippen molar-refractivity contribution in [2.45, 2.75) is 87.9 Å². The van der Waals surface area contributed by atoms with Crippen LogP contribution < -0.4 is 0 Å². The summed E-state index contributed by atoms with van der Waals surface area (Å²) in [4.78, 5) is 1.25. The van der Waals surface area contributed by atoms with Gasteiger partial charge in [-0.1, -0.05) is 75.6 Å². The Balaban J connectivity index is 1.43. The number of allylic oxidation sites excluding steroid dienone is 1. The van der Waals surface area contributed by atoms with Crippen molar-refractivity contribution in [1.82, 2.24) is 0 Å². The number of unbranched alkanes of at least 4 members (excludes halogenated alkanes) is 9. The first kappa shape index (κ1) is 25.1. The van der Waals surface area contributed by atoms with E-state index in [4.69, 9.17) is 18.6 Å². The van der Waals surface area contributed by atoms with E-state index in [-0.39, 0.29) is 0 Å². The van der Waals surface area contributed by atoms with Gasteiger partial charge in [0.15, 0.2) is 0 Å². The molecule has 0 bridgehead atoms. The van der Waals surface area contributed by atoms with E-state index in [9.17, 15) is 0 Å². The normalized spacial score (nSPS) is 13.8. The molecule has 0 aromatic heterocycles. The van der Waals surface area contributed by atoms with Gasteiger partial charge >= 0.3 is 0 Å². The van der Waals surface area contributed by atoms with Crippen molar-refractivity contribution in [2.75, 3.05) is 21.3 Å². The van der Waals surface area contributed by atoms with Gasteiger partial charge in [0, 0.05) is 50.3 Å². The summed E-state index contributed by atoms with van der Waals surface area (Å²) < 4.78 is 20.7. The number of hydrogen-bond acceptors (Lipinski definition) is 5. The Labute approximate surface area is 187 Å². The summed E-state index contributed by atoms with van der Waals surface area (Å²) in [6.07, 6.45) is 19.0. The average Bonchev–Trinajstić information content (AvgIpc) is 3.00. The molecule has 1 aliphatic rings. The van der Waals surface area contributed by atoms with Gasteiger partial charge in [0.2, 0.25) is 0 Å². The highest BCUT2D eigenvalue weighted by atomic mass is 32.2. The summed E-state index contributed by atoms with van der Waals surface area (Å²) >= 11 is 1.61. The molecule has 4 nitrogen and oxygen atoms in total. The van der Waals surface area contributed by atoms with Crippen LogP contribution in [0.15, 0.2) is 39.6 Å². The Hall–Kier alpha value is -1.14. The van der Waals surface area contributed by atoms with E-state index in [1.54, 1.807) is 33.3 Å². The van der Waals surface area contributed by atoms with Gasteiger partial charge in [0.1, 0.15) is 0 Å². The van der Waals surface area contributed by atoms with Crippen LogP contribution in [0.4, 0.5) is 0 Å². The summed E-state index contributed by atoms with van der Waals surface area (Å²) in [6, 6.07) is 8.46. The molecule has 1 aromatic carbocycles. The molecule has 2 rings (SSSR count). The number of benzene rings is 1. The minimum absolute atomic E-state index is 0.779. The van der Waals surface area contributed by atoms with E-state index in [2.05, 4.69) is 36.4 Å². The van der Waals surface area contributed by atoms with Gasteiger partial charge in [-0.15, -0.1) is 0 Å². The van der Waals surface area contributed by atoms with E-state index >= 15 is 0 Å². The second kappa shape index (κ2) is 14.8. The van der Waals surface area contributed by atoms with Crippen molar-refractivity contribution >= 4 is 23.7 Å². The van der Waals surface area contributed by atoms with Crippen molar-refractivity contribution in [2.24, 2.45) is 4.40 Å². The molecule has 1 aromatic rings. The summed E-state index contributed by atoms with van der Waals surface area (Å²) in [6.45, 7) is 0. The van der Waals surface area contributed by atoms with Gasteiger partial charge in [0.05, 0.1) is 0 Å². The Morgan fingerprint density at radius 3 is 1.93 bits per heavy atom. The van der Waals surface area contributed by atoms with Crippen molar-refractivity contribution in [3.05, 3.63) is 35.9 Å². The molecule has 0 amide bonds. The van der Waals surface area contributed by atoms with Crippen molar-refractivity contribution in [3.8, 4) is 0 Å². The highest BCUT2D eigenvalue weighted by Gasteiger charge is 2.28. The molecule has 0 saturated heterocycles. The van der Waals surface area contributed by atoms with Gasteiger partial charge in [0.25, 0.3) is 5.97 Å². The zero-order valence-electron chi connectivity index (χ0n) is 19.0. The van der Waals surface area contributed by atoms with Crippen molar-refractivity contribution in [1.29, 1.82) is 0 Å². The Morgan fingerprint density at radius 2 is 1.30 bits per heavy atom. The smallest absolute Gasteiger partial charge is 0.282 e. The molecule has 0 saturated carbocycles. The van der Waals surface area contributed by atoms with E-state index in [1.807, 2.05) is 0 Å². The largest absolute Gasteiger partial charge is 0.331 e. The Morgan fingerprint density at radius 1 is 0.733 bits per heavy atom. The maximum absolute atomic E-state index is 5.33. The first-order valence-electron chi connectivity index (χ1n) is 11.4. The molecule has 0 aliphatic carbocycles. The first-order valence-corrected chi connectivity index (χ1v) is 12.2. The van der Waals surface area contributed by atoms with E-state index in [0.29, 0.717) is 0 Å². The van der Waals surface area contributed by atoms with Gasteiger partial charge in [-0.25, -0.2) is 4.40 Å². The summed E-state index contributed by atoms with van der Waals surface area (Å²) in [5.74, 6) is -0.860. The predicted octanol–water partition coefficient (Wildman–Crippen LogP) is 7.44. The quantitative estimate of drug-likeness (QED) is 0.154. The third-order valence-corrected chi connectivity index (χ3v) is 6.63. The minimum Gasteiger partial charge on any atom is -0.331 e. The number of hydrogen-bond donors (Lipinski definition) is 0. The molecule has 168 valence electrons. The van der Waals surface area contributed by atoms with E-state index < -0.39 is 5.97 Å². The second-order valence-corrected chi connectivity index (χ2v) is 8.68. The van der Waals surface area contributed by atoms with Crippen LogP contribution in [-0.2, 0) is 14.2 Å². The van der Waals surface area contributed by atoms with E-state index in [1.165, 1.54) is 74.0 Å². The molecule has 0 spiro atoms. The number of methoxy groups -OCH3 is 3. The summed E-state index contributed by atoms with van der Waals surface area (Å²) in [5, 5.41) is 0. The molecule has 0 atom stereocenters. The highest BCUT2D eigenvalue weighted by Crippen LogP contribution is 2.28. The maximum atomic E-state index is 5.33. The van der Waals surface area contributed by atoms with Crippen LogP contribution in [0.1, 0.15) is 82.6 Å².